The smallest absolute Gasteiger partial charge is 0.481 e. The van der Waals surface area contributed by atoms with Crippen molar-refractivity contribution in [3.63, 3.8) is 0 Å². The number of carbonyl (C=O) groups excluding carboxylic acids is 3. The molecule has 2 aromatic heterocycles. The van der Waals surface area contributed by atoms with Gasteiger partial charge in [-0.3, -0.25) is 37.3 Å². The maximum Gasteiger partial charge on any atom is 0.481 e. The van der Waals surface area contributed by atoms with Crippen LogP contribution in [0.5, 0.6) is 0 Å². The number of aliphatic hydroxyl groups excluding tert-OH is 2. The van der Waals surface area contributed by atoms with Gasteiger partial charge in [0.2, 0.25) is 16.9 Å². The number of nitrogens with zero attached hydrogens (tertiary/aromatic N) is 4. The minimum absolute atomic E-state index is 0.0245. The average Bonchev–Trinajstić information content (AvgIpc) is 3.75. The summed E-state index contributed by atoms with van der Waals surface area (Å²) in [7, 11) is -16.4. The first-order chi connectivity index (χ1) is 29.4. The van der Waals surface area contributed by atoms with E-state index >= 15 is 0 Å². The number of hydrogen-bond donors (Lipinski definition) is 10. The zero-order chi connectivity index (χ0) is 47.0. The highest BCUT2D eigenvalue weighted by molar-refractivity contribution is 8.14. The van der Waals surface area contributed by atoms with Gasteiger partial charge in [-0.25, -0.2) is 28.6 Å². The fraction of sp³-hybridized carbons (Fsp3) is 0.667. The number of nitrogens with two attached hydrogens (primary N) is 1. The lowest BCUT2D eigenvalue weighted by Crippen LogP contribution is -2.46. The van der Waals surface area contributed by atoms with Crippen LogP contribution in [0.25, 0.3) is 11.2 Å². The molecule has 2 amide bonds. The summed E-state index contributed by atoms with van der Waals surface area (Å²) in [5.74, 6) is -1.99. The number of ether oxygens (including phenoxy) is 1. The molecule has 63 heavy (non-hydrogen) atoms. The standard InChI is InChI=1S/C33H54N7O19P3S/c1-33(2,28(46)31(47)36-14-13-22(41)35-15-16-63-24(44)12-10-8-6-4-3-5-7-9-11-23(42)43)18-56-62(53,54)59-61(51,52)55-17-21-27(58-60(48,49)50)26(45)32(57-21)40-20-39-25-29(34)37-19-38-30(25)40/h10,12,19-21,26-28,32,45-46H,3-9,11,13-18H2,1-2H3,(H,35,41)(H,36,47)(H,42,43)(H,51,52)(H,53,54)(H2,34,37,38)(H2,48,49,50)/t21-,26-,27-,28+,32-/m1/s1. The summed E-state index contributed by atoms with van der Waals surface area (Å²) < 4.78 is 62.2. The van der Waals surface area contributed by atoms with Gasteiger partial charge in [0.15, 0.2) is 17.7 Å². The van der Waals surface area contributed by atoms with Gasteiger partial charge in [-0.05, 0) is 25.3 Å². The second-order valence-electron chi connectivity index (χ2n) is 14.7. The van der Waals surface area contributed by atoms with Crippen molar-refractivity contribution in [2.75, 3.05) is 37.8 Å². The number of allylic oxidation sites excluding steroid dienone is 1. The number of aliphatic hydroxyl groups is 2. The summed E-state index contributed by atoms with van der Waals surface area (Å²) in [6, 6.07) is 0. The number of nitrogen functional groups attached to an aromatic ring is 1. The van der Waals surface area contributed by atoms with Crippen LogP contribution in [0.3, 0.4) is 0 Å². The number of amides is 2. The molecular formula is C33H54N7O19P3S. The third-order valence-electron chi connectivity index (χ3n) is 9.01. The summed E-state index contributed by atoms with van der Waals surface area (Å²) >= 11 is 1.02. The number of aliphatic carboxylic acids is 1. The highest BCUT2D eigenvalue weighted by Crippen LogP contribution is 2.61. The lowest BCUT2D eigenvalue weighted by Gasteiger charge is -2.30. The number of carboxylic acids is 1. The first-order valence-corrected chi connectivity index (χ1v) is 24.9. The lowest BCUT2D eigenvalue weighted by atomic mass is 9.87. The van der Waals surface area contributed by atoms with Crippen LogP contribution in [0.1, 0.15) is 77.9 Å². The normalized spacial score (nSPS) is 20.6. The zero-order valence-corrected chi connectivity index (χ0v) is 37.7. The van der Waals surface area contributed by atoms with E-state index in [0.717, 1.165) is 67.5 Å². The molecule has 356 valence electrons. The van der Waals surface area contributed by atoms with Gasteiger partial charge in [-0.15, -0.1) is 0 Å². The Morgan fingerprint density at radius 1 is 0.968 bits per heavy atom. The molecule has 0 bridgehead atoms. The molecular weight excluding hydrogens is 923 g/mol. The van der Waals surface area contributed by atoms with Gasteiger partial charge >= 0.3 is 29.4 Å². The van der Waals surface area contributed by atoms with E-state index in [4.69, 9.17) is 24.6 Å². The molecule has 0 aromatic carbocycles. The summed E-state index contributed by atoms with van der Waals surface area (Å²) in [5, 5.41) is 34.9. The Labute approximate surface area is 365 Å². The van der Waals surface area contributed by atoms with Crippen molar-refractivity contribution in [1.29, 1.82) is 0 Å². The number of rotatable bonds is 29. The number of fused-ring (bicyclic) bond motifs is 1. The maximum atomic E-state index is 12.7. The van der Waals surface area contributed by atoms with Crippen LogP contribution in [0.15, 0.2) is 24.8 Å². The first kappa shape index (κ1) is 54.1. The second-order valence-corrected chi connectivity index (χ2v) is 20.0. The number of anilines is 1. The number of hydrogen-bond acceptors (Lipinski definition) is 19. The van der Waals surface area contributed by atoms with Crippen LogP contribution in [-0.2, 0) is 55.5 Å². The van der Waals surface area contributed by atoms with Crippen molar-refractivity contribution in [1.82, 2.24) is 30.2 Å². The van der Waals surface area contributed by atoms with E-state index in [1.54, 1.807) is 6.08 Å². The maximum absolute atomic E-state index is 12.7. The highest BCUT2D eigenvalue weighted by atomic mass is 32.2. The number of imidazole rings is 1. The average molecular weight is 978 g/mol. The SMILES string of the molecule is CC(C)(COP(=O)(O)OP(=O)(O)OC[C@H]1O[C@@H](n2cnc3c(N)ncnc32)[C@H](O)[C@@H]1OP(=O)(O)O)[C@@H](O)C(=O)NCCC(=O)NCCSC(=O)C=CCCCCCCCCC(=O)O. The molecule has 0 radical (unpaired) electrons. The topological polar surface area (TPSA) is 401 Å². The number of unbranched alkanes of at least 4 members (excludes halogenated alkanes) is 6. The van der Waals surface area contributed by atoms with Gasteiger partial charge in [0, 0.05) is 37.1 Å². The Morgan fingerprint density at radius 3 is 2.32 bits per heavy atom. The van der Waals surface area contributed by atoms with Crippen LogP contribution in [0.2, 0.25) is 0 Å². The highest BCUT2D eigenvalue weighted by Gasteiger charge is 2.50. The van der Waals surface area contributed by atoms with Gasteiger partial charge in [0.25, 0.3) is 0 Å². The van der Waals surface area contributed by atoms with Crippen molar-refractivity contribution < 1.29 is 90.4 Å². The first-order valence-electron chi connectivity index (χ1n) is 19.4. The molecule has 11 N–H and O–H groups in total. The molecule has 26 nitrogen and oxygen atoms in total. The van der Waals surface area contributed by atoms with E-state index in [1.165, 1.54) is 19.9 Å². The lowest BCUT2D eigenvalue weighted by molar-refractivity contribution is -0.137. The largest absolute Gasteiger partial charge is 0.481 e. The third-order valence-corrected chi connectivity index (χ3v) is 12.9. The summed E-state index contributed by atoms with van der Waals surface area (Å²) in [6.45, 7) is 0.398. The minimum Gasteiger partial charge on any atom is -0.481 e. The van der Waals surface area contributed by atoms with Crippen molar-refractivity contribution >= 4 is 75.1 Å². The molecule has 0 spiro atoms. The Kier molecular flexibility index (Phi) is 21.4. The van der Waals surface area contributed by atoms with Gasteiger partial charge in [0.05, 0.1) is 19.5 Å². The molecule has 0 aliphatic carbocycles. The summed E-state index contributed by atoms with van der Waals surface area (Å²) in [5.41, 5.74) is 4.24. The monoisotopic (exact) mass is 977 g/mol. The second kappa shape index (κ2) is 24.9. The van der Waals surface area contributed by atoms with Gasteiger partial charge in [-0.1, -0.05) is 57.4 Å². The van der Waals surface area contributed by atoms with Crippen molar-refractivity contribution in [3.8, 4) is 0 Å². The summed E-state index contributed by atoms with van der Waals surface area (Å²) in [4.78, 5) is 98.4. The van der Waals surface area contributed by atoms with Gasteiger partial charge in [0.1, 0.15) is 36.3 Å². The van der Waals surface area contributed by atoms with Crippen LogP contribution >= 0.6 is 35.2 Å². The Hall–Kier alpha value is -3.23. The van der Waals surface area contributed by atoms with Crippen LogP contribution < -0.4 is 16.4 Å². The molecule has 0 saturated carbocycles. The summed E-state index contributed by atoms with van der Waals surface area (Å²) in [6.07, 6.45) is 2.59. The molecule has 30 heteroatoms. The number of phosphoric acid groups is 3. The van der Waals surface area contributed by atoms with E-state index < -0.39 is 90.5 Å². The van der Waals surface area contributed by atoms with Crippen molar-refractivity contribution in [2.45, 2.75) is 102 Å². The number of carboxylic acid groups (broad SMARTS) is 1. The number of aromatic nitrogens is 4. The van der Waals surface area contributed by atoms with Crippen LogP contribution in [-0.4, -0.2) is 134 Å². The van der Waals surface area contributed by atoms with E-state index in [-0.39, 0.29) is 48.0 Å². The number of carbonyl (C=O) groups is 4. The number of thioether (sulfide) groups is 1. The Morgan fingerprint density at radius 2 is 1.63 bits per heavy atom. The predicted molar refractivity (Wildman–Crippen MR) is 221 cm³/mol. The van der Waals surface area contributed by atoms with E-state index in [1.807, 2.05) is 0 Å². The Balaban J connectivity index is 1.37. The predicted octanol–water partition coefficient (Wildman–Crippen LogP) is 1.43. The van der Waals surface area contributed by atoms with E-state index in [2.05, 4.69) is 34.4 Å². The quantitative estimate of drug-likeness (QED) is 0.0313. The fourth-order valence-electron chi connectivity index (χ4n) is 5.75. The van der Waals surface area contributed by atoms with Crippen molar-refractivity contribution in [3.05, 3.63) is 24.8 Å². The molecule has 3 heterocycles. The molecule has 1 aliphatic rings. The molecule has 7 atom stereocenters. The number of phosphoric ester groups is 3. The zero-order valence-electron chi connectivity index (χ0n) is 34.2. The molecule has 2 aromatic rings. The molecule has 1 fully saturated rings. The minimum atomic E-state index is -5.59. The molecule has 2 unspecified atom stereocenters. The molecule has 1 saturated heterocycles. The number of nitrogens with one attached hydrogen (secondary N) is 2. The van der Waals surface area contributed by atoms with Crippen molar-refractivity contribution in [2.24, 2.45) is 5.41 Å². The van der Waals surface area contributed by atoms with E-state index in [9.17, 15) is 62.7 Å². The fourth-order valence-corrected chi connectivity index (χ4v) is 9.18. The Bertz CT molecular complexity index is 2040. The van der Waals surface area contributed by atoms with E-state index in [0.29, 0.717) is 12.2 Å². The van der Waals surface area contributed by atoms with Crippen LogP contribution in [0.4, 0.5) is 5.82 Å². The van der Waals surface area contributed by atoms with Gasteiger partial charge in [-0.2, -0.15) is 4.31 Å². The van der Waals surface area contributed by atoms with Crippen LogP contribution in [0, 0.1) is 5.41 Å². The van der Waals surface area contributed by atoms with Gasteiger partial charge < -0.3 is 56.0 Å². The third kappa shape index (κ3) is 19.0. The molecule has 1 aliphatic heterocycles. The molecule has 3 rings (SSSR count).